The number of carbonyl (C=O) groups excluding carboxylic acids is 2. The number of Topliss-reactive ketones (excluding diaryl/α,β-unsaturated/α-hetero) is 1. The summed E-state index contributed by atoms with van der Waals surface area (Å²) < 4.78 is 0. The Labute approximate surface area is 145 Å². The maximum atomic E-state index is 12.3. The molecule has 2 aromatic carbocycles. The van der Waals surface area contributed by atoms with Gasteiger partial charge in [0.2, 0.25) is 0 Å². The Morgan fingerprint density at radius 3 is 2.36 bits per heavy atom. The summed E-state index contributed by atoms with van der Waals surface area (Å²) in [4.78, 5) is 26.4. The molecule has 0 fully saturated rings. The second-order valence-electron chi connectivity index (χ2n) is 5.51. The zero-order valence-electron chi connectivity index (χ0n) is 13.7. The van der Waals surface area contributed by atoms with Crippen molar-refractivity contribution in [1.29, 1.82) is 0 Å². The molecule has 0 aliphatic heterocycles. The quantitative estimate of drug-likeness (QED) is 0.566. The molecular formula is C21H16N2O2. The number of nitrogens with one attached hydrogen (secondary N) is 2. The number of H-pyrrole nitrogens is 1. The molecule has 2 N–H and O–H groups in total. The van der Waals surface area contributed by atoms with Crippen molar-refractivity contribution in [3.8, 4) is 11.8 Å². The highest BCUT2D eigenvalue weighted by Gasteiger charge is 2.10. The van der Waals surface area contributed by atoms with Crippen molar-refractivity contribution in [1.82, 2.24) is 4.98 Å². The lowest BCUT2D eigenvalue weighted by atomic mass is 10.1. The van der Waals surface area contributed by atoms with Gasteiger partial charge in [-0.15, -0.1) is 0 Å². The van der Waals surface area contributed by atoms with Gasteiger partial charge >= 0.3 is 0 Å². The van der Waals surface area contributed by atoms with Gasteiger partial charge in [-0.05, 0) is 43.3 Å². The molecule has 0 aliphatic carbocycles. The second kappa shape index (κ2) is 7.33. The Bertz CT molecular complexity index is 976. The third kappa shape index (κ3) is 4.24. The van der Waals surface area contributed by atoms with Crippen LogP contribution in [0.5, 0.6) is 0 Å². The summed E-state index contributed by atoms with van der Waals surface area (Å²) in [5.74, 6) is 5.77. The van der Waals surface area contributed by atoms with Crippen molar-refractivity contribution in [3.63, 3.8) is 0 Å². The van der Waals surface area contributed by atoms with E-state index in [0.29, 0.717) is 16.9 Å². The first-order chi connectivity index (χ1) is 12.1. The third-order valence-electron chi connectivity index (χ3n) is 3.58. The van der Waals surface area contributed by atoms with E-state index < -0.39 is 0 Å². The van der Waals surface area contributed by atoms with Crippen LogP contribution in [0.3, 0.4) is 0 Å². The van der Waals surface area contributed by atoms with Crippen LogP contribution in [-0.4, -0.2) is 16.7 Å². The van der Waals surface area contributed by atoms with Crippen molar-refractivity contribution in [2.24, 2.45) is 0 Å². The van der Waals surface area contributed by atoms with Crippen LogP contribution in [0.2, 0.25) is 0 Å². The average molecular weight is 328 g/mol. The molecule has 1 amide bonds. The lowest BCUT2D eigenvalue weighted by Gasteiger charge is -2.04. The molecule has 0 radical (unpaired) electrons. The molecule has 0 bridgehead atoms. The predicted octanol–water partition coefficient (Wildman–Crippen LogP) is 3.87. The van der Waals surface area contributed by atoms with Gasteiger partial charge in [-0.1, -0.05) is 36.1 Å². The Kier molecular flexibility index (Phi) is 4.77. The molecule has 4 nitrogen and oxygen atoms in total. The zero-order chi connectivity index (χ0) is 17.6. The van der Waals surface area contributed by atoms with Crippen LogP contribution >= 0.6 is 0 Å². The van der Waals surface area contributed by atoms with E-state index in [-0.39, 0.29) is 11.7 Å². The first kappa shape index (κ1) is 16.3. The number of anilines is 1. The number of benzene rings is 2. The number of rotatable bonds is 3. The minimum absolute atomic E-state index is 0.0894. The van der Waals surface area contributed by atoms with E-state index in [1.807, 2.05) is 48.5 Å². The van der Waals surface area contributed by atoms with Gasteiger partial charge in [-0.25, -0.2) is 0 Å². The van der Waals surface area contributed by atoms with Crippen LogP contribution in [0.15, 0.2) is 66.9 Å². The molecule has 0 spiro atoms. The highest BCUT2D eigenvalue weighted by molar-refractivity contribution is 6.05. The highest BCUT2D eigenvalue weighted by atomic mass is 16.2. The summed E-state index contributed by atoms with van der Waals surface area (Å²) in [6.07, 6.45) is 1.53. The van der Waals surface area contributed by atoms with Crippen LogP contribution < -0.4 is 5.32 Å². The minimum atomic E-state index is -0.305. The summed E-state index contributed by atoms with van der Waals surface area (Å²) in [6, 6.07) is 18.6. The first-order valence-corrected chi connectivity index (χ1v) is 7.79. The number of aromatic nitrogens is 1. The predicted molar refractivity (Wildman–Crippen MR) is 97.6 cm³/mol. The van der Waals surface area contributed by atoms with E-state index in [1.165, 1.54) is 19.2 Å². The van der Waals surface area contributed by atoms with Gasteiger partial charge in [-0.2, -0.15) is 0 Å². The van der Waals surface area contributed by atoms with Gasteiger partial charge < -0.3 is 10.3 Å². The number of ketones is 1. The van der Waals surface area contributed by atoms with Gasteiger partial charge in [0, 0.05) is 28.6 Å². The normalized spacial score (nSPS) is 9.80. The molecule has 25 heavy (non-hydrogen) atoms. The standard InChI is InChI=1S/C21H16N2O2/c1-15(24)18-13-20(22-14-18)21(25)23-19-9-5-8-17(12-19)11-10-16-6-3-2-4-7-16/h2-9,12-14,22H,1H3,(H,23,25). The Morgan fingerprint density at radius 1 is 0.920 bits per heavy atom. The topological polar surface area (TPSA) is 62.0 Å². The minimum Gasteiger partial charge on any atom is -0.356 e. The molecule has 1 aromatic heterocycles. The molecular weight excluding hydrogens is 312 g/mol. The zero-order valence-corrected chi connectivity index (χ0v) is 13.7. The van der Waals surface area contributed by atoms with Gasteiger partial charge in [0.05, 0.1) is 0 Å². The van der Waals surface area contributed by atoms with E-state index in [4.69, 9.17) is 0 Å². The third-order valence-corrected chi connectivity index (χ3v) is 3.58. The fraction of sp³-hybridized carbons (Fsp3) is 0.0476. The number of aromatic amines is 1. The fourth-order valence-electron chi connectivity index (χ4n) is 2.27. The summed E-state index contributed by atoms with van der Waals surface area (Å²) in [5, 5.41) is 2.80. The van der Waals surface area contributed by atoms with Crippen molar-refractivity contribution >= 4 is 17.4 Å². The highest BCUT2D eigenvalue weighted by Crippen LogP contribution is 2.12. The van der Waals surface area contributed by atoms with Crippen LogP contribution in [-0.2, 0) is 0 Å². The van der Waals surface area contributed by atoms with E-state index in [1.54, 1.807) is 6.07 Å². The Hall–Kier alpha value is -3.58. The maximum absolute atomic E-state index is 12.3. The summed E-state index contributed by atoms with van der Waals surface area (Å²) in [6.45, 7) is 1.46. The fourth-order valence-corrected chi connectivity index (χ4v) is 2.27. The van der Waals surface area contributed by atoms with Crippen molar-refractivity contribution in [2.75, 3.05) is 5.32 Å². The van der Waals surface area contributed by atoms with Gasteiger partial charge in [0.15, 0.2) is 5.78 Å². The number of amides is 1. The van der Waals surface area contributed by atoms with E-state index in [0.717, 1.165) is 11.1 Å². The first-order valence-electron chi connectivity index (χ1n) is 7.79. The number of hydrogen-bond donors (Lipinski definition) is 2. The summed E-state index contributed by atoms with van der Waals surface area (Å²) in [5.41, 5.74) is 3.19. The lowest BCUT2D eigenvalue weighted by molar-refractivity contribution is 0.101. The van der Waals surface area contributed by atoms with E-state index in [9.17, 15) is 9.59 Å². The summed E-state index contributed by atoms with van der Waals surface area (Å²) >= 11 is 0. The molecule has 122 valence electrons. The van der Waals surface area contributed by atoms with Gasteiger partial charge in [0.1, 0.15) is 5.69 Å². The van der Waals surface area contributed by atoms with Crippen LogP contribution in [0.25, 0.3) is 0 Å². The molecule has 0 atom stereocenters. The smallest absolute Gasteiger partial charge is 0.272 e. The van der Waals surface area contributed by atoms with Gasteiger partial charge in [0.25, 0.3) is 5.91 Å². The number of carbonyl (C=O) groups is 2. The summed E-state index contributed by atoms with van der Waals surface area (Å²) in [7, 11) is 0. The molecule has 0 aliphatic rings. The van der Waals surface area contributed by atoms with Crippen molar-refractivity contribution in [3.05, 3.63) is 89.2 Å². The largest absolute Gasteiger partial charge is 0.356 e. The number of hydrogen-bond acceptors (Lipinski definition) is 2. The molecule has 3 rings (SSSR count). The molecule has 0 saturated heterocycles. The Balaban J connectivity index is 1.74. The maximum Gasteiger partial charge on any atom is 0.272 e. The lowest BCUT2D eigenvalue weighted by Crippen LogP contribution is -2.12. The monoisotopic (exact) mass is 328 g/mol. The van der Waals surface area contributed by atoms with E-state index in [2.05, 4.69) is 22.1 Å². The van der Waals surface area contributed by atoms with Crippen molar-refractivity contribution in [2.45, 2.75) is 6.92 Å². The molecule has 3 aromatic rings. The molecule has 0 saturated carbocycles. The van der Waals surface area contributed by atoms with Crippen molar-refractivity contribution < 1.29 is 9.59 Å². The average Bonchev–Trinajstić information content (AvgIpc) is 3.12. The Morgan fingerprint density at radius 2 is 1.64 bits per heavy atom. The second-order valence-corrected chi connectivity index (χ2v) is 5.51. The van der Waals surface area contributed by atoms with Crippen LogP contribution in [0.1, 0.15) is 38.9 Å². The van der Waals surface area contributed by atoms with Crippen LogP contribution in [0.4, 0.5) is 5.69 Å². The molecule has 1 heterocycles. The van der Waals surface area contributed by atoms with Gasteiger partial charge in [-0.3, -0.25) is 9.59 Å². The molecule has 0 unspecified atom stereocenters. The van der Waals surface area contributed by atoms with E-state index >= 15 is 0 Å². The molecule has 4 heteroatoms. The SMILES string of the molecule is CC(=O)c1c[nH]c(C(=O)Nc2cccc(C#Cc3ccccc3)c2)c1. The van der Waals surface area contributed by atoms with Crippen LogP contribution in [0, 0.1) is 11.8 Å².